The average molecular weight is 276 g/mol. The smallest absolute Gasteiger partial charge is 0.223 e. The molecule has 0 aromatic heterocycles. The van der Waals surface area contributed by atoms with Crippen LogP contribution in [0.2, 0.25) is 0 Å². The van der Waals surface area contributed by atoms with Gasteiger partial charge in [0.05, 0.1) is 0 Å². The molecule has 0 aliphatic carbocycles. The van der Waals surface area contributed by atoms with E-state index in [1.807, 2.05) is 0 Å². The van der Waals surface area contributed by atoms with E-state index in [0.717, 1.165) is 51.5 Å². The number of amides is 1. The molecular weight excluding hydrogens is 246 g/mol. The third-order valence-corrected chi connectivity index (χ3v) is 3.64. The van der Waals surface area contributed by atoms with E-state index in [-0.39, 0.29) is 11.8 Å². The van der Waals surface area contributed by atoms with Crippen LogP contribution in [0.5, 0.6) is 0 Å². The lowest BCUT2D eigenvalue weighted by atomic mass is 9.96. The summed E-state index contributed by atoms with van der Waals surface area (Å²) < 4.78 is 0. The van der Waals surface area contributed by atoms with Crippen molar-refractivity contribution in [3.05, 3.63) is 0 Å². The summed E-state index contributed by atoms with van der Waals surface area (Å²) in [6, 6.07) is 0. The molecule has 0 aliphatic heterocycles. The molecule has 0 saturated heterocycles. The van der Waals surface area contributed by atoms with Gasteiger partial charge in [-0.1, -0.05) is 40.0 Å². The van der Waals surface area contributed by atoms with Gasteiger partial charge in [-0.3, -0.25) is 4.79 Å². The molecule has 1 amide bonds. The summed E-state index contributed by atoms with van der Waals surface area (Å²) in [7, 11) is 0. The first kappa shape index (κ1) is 17.8. The molecule has 0 bridgehead atoms. The van der Waals surface area contributed by atoms with Gasteiger partial charge in [0.15, 0.2) is 0 Å². The van der Waals surface area contributed by atoms with Crippen LogP contribution in [0.3, 0.4) is 0 Å². The predicted octanol–water partition coefficient (Wildman–Crippen LogP) is 4.36. The molecule has 0 fully saturated rings. The highest BCUT2D eigenvalue weighted by atomic mass is 35.5. The van der Waals surface area contributed by atoms with Crippen molar-refractivity contribution in [3.63, 3.8) is 0 Å². The molecule has 1 N–H and O–H groups in total. The van der Waals surface area contributed by atoms with Crippen LogP contribution >= 0.6 is 11.6 Å². The van der Waals surface area contributed by atoms with E-state index in [1.54, 1.807) is 0 Å². The highest BCUT2D eigenvalue weighted by Gasteiger charge is 2.17. The number of halogens is 1. The van der Waals surface area contributed by atoms with Gasteiger partial charge in [0, 0.05) is 18.3 Å². The fraction of sp³-hybridized carbons (Fsp3) is 0.933. The number of hydrogen-bond acceptors (Lipinski definition) is 1. The van der Waals surface area contributed by atoms with E-state index in [9.17, 15) is 4.79 Å². The summed E-state index contributed by atoms with van der Waals surface area (Å²) in [6.07, 6.45) is 7.49. The topological polar surface area (TPSA) is 29.1 Å². The van der Waals surface area contributed by atoms with E-state index < -0.39 is 0 Å². The number of nitrogens with one attached hydrogen (secondary N) is 1. The molecule has 3 heteroatoms. The van der Waals surface area contributed by atoms with Crippen LogP contribution in [0.4, 0.5) is 0 Å². The zero-order valence-corrected chi connectivity index (χ0v) is 13.1. The molecule has 0 spiro atoms. The fourth-order valence-electron chi connectivity index (χ4n) is 2.40. The Morgan fingerprint density at radius 1 is 1.00 bits per heavy atom. The molecule has 0 rings (SSSR count). The van der Waals surface area contributed by atoms with Crippen LogP contribution in [-0.2, 0) is 4.79 Å². The normalized spacial score (nSPS) is 12.7. The molecule has 1 unspecified atom stereocenters. The Kier molecular flexibility index (Phi) is 11.7. The second kappa shape index (κ2) is 11.8. The van der Waals surface area contributed by atoms with Crippen LogP contribution in [0, 0.1) is 11.8 Å². The van der Waals surface area contributed by atoms with Gasteiger partial charge in [0.25, 0.3) is 0 Å². The van der Waals surface area contributed by atoms with Crippen LogP contribution in [0.15, 0.2) is 0 Å². The molecule has 0 aromatic rings. The number of hydrogen-bond donors (Lipinski definition) is 1. The zero-order chi connectivity index (χ0) is 13.8. The van der Waals surface area contributed by atoms with Gasteiger partial charge in [0.2, 0.25) is 5.91 Å². The zero-order valence-electron chi connectivity index (χ0n) is 12.3. The Labute approximate surface area is 118 Å². The van der Waals surface area contributed by atoms with Gasteiger partial charge in [-0.25, -0.2) is 0 Å². The SMILES string of the molecule is CCCC(CCCl)CNC(=O)C(CCC)CCC. The first-order valence-corrected chi connectivity index (χ1v) is 8.06. The lowest BCUT2D eigenvalue weighted by Gasteiger charge is -2.19. The van der Waals surface area contributed by atoms with Crippen LogP contribution < -0.4 is 5.32 Å². The Bertz CT molecular complexity index is 197. The Hall–Kier alpha value is -0.240. The van der Waals surface area contributed by atoms with Crippen molar-refractivity contribution >= 4 is 17.5 Å². The minimum atomic E-state index is 0.207. The van der Waals surface area contributed by atoms with Crippen LogP contribution in [0.25, 0.3) is 0 Å². The molecule has 0 aromatic carbocycles. The summed E-state index contributed by atoms with van der Waals surface area (Å²) in [4.78, 5) is 12.1. The minimum Gasteiger partial charge on any atom is -0.356 e. The maximum absolute atomic E-state index is 12.1. The molecule has 0 saturated carbocycles. The van der Waals surface area contributed by atoms with Crippen LogP contribution in [-0.4, -0.2) is 18.3 Å². The third-order valence-electron chi connectivity index (χ3n) is 3.42. The average Bonchev–Trinajstić information content (AvgIpc) is 2.36. The van der Waals surface area contributed by atoms with Gasteiger partial charge < -0.3 is 5.32 Å². The Morgan fingerprint density at radius 2 is 1.56 bits per heavy atom. The van der Waals surface area contributed by atoms with E-state index in [2.05, 4.69) is 26.1 Å². The monoisotopic (exact) mass is 275 g/mol. The maximum Gasteiger partial charge on any atom is 0.223 e. The third kappa shape index (κ3) is 7.97. The van der Waals surface area contributed by atoms with Gasteiger partial charge >= 0.3 is 0 Å². The van der Waals surface area contributed by atoms with E-state index >= 15 is 0 Å². The van der Waals surface area contributed by atoms with E-state index in [0.29, 0.717) is 11.8 Å². The van der Waals surface area contributed by atoms with E-state index in [1.165, 1.54) is 0 Å². The maximum atomic E-state index is 12.1. The lowest BCUT2D eigenvalue weighted by molar-refractivity contribution is -0.125. The largest absolute Gasteiger partial charge is 0.356 e. The number of alkyl halides is 1. The van der Waals surface area contributed by atoms with Crippen molar-refractivity contribution < 1.29 is 4.79 Å². The highest BCUT2D eigenvalue weighted by molar-refractivity contribution is 6.17. The van der Waals surface area contributed by atoms with Gasteiger partial charge in [-0.2, -0.15) is 0 Å². The predicted molar refractivity (Wildman–Crippen MR) is 80.1 cm³/mol. The van der Waals surface area contributed by atoms with Gasteiger partial charge in [-0.05, 0) is 31.6 Å². The summed E-state index contributed by atoms with van der Waals surface area (Å²) in [5.74, 6) is 1.68. The molecule has 0 heterocycles. The van der Waals surface area contributed by atoms with Crippen molar-refractivity contribution in [2.75, 3.05) is 12.4 Å². The highest BCUT2D eigenvalue weighted by Crippen LogP contribution is 2.15. The van der Waals surface area contributed by atoms with Gasteiger partial charge in [-0.15, -0.1) is 11.6 Å². The van der Waals surface area contributed by atoms with Gasteiger partial charge in [0.1, 0.15) is 0 Å². The number of carbonyl (C=O) groups is 1. The lowest BCUT2D eigenvalue weighted by Crippen LogP contribution is -2.34. The summed E-state index contributed by atoms with van der Waals surface area (Å²) >= 11 is 5.80. The van der Waals surface area contributed by atoms with Crippen molar-refractivity contribution in [3.8, 4) is 0 Å². The van der Waals surface area contributed by atoms with Crippen molar-refractivity contribution in [2.24, 2.45) is 11.8 Å². The molecular formula is C15H30ClNO. The molecule has 1 atom stereocenters. The Morgan fingerprint density at radius 3 is 2.00 bits per heavy atom. The first-order chi connectivity index (χ1) is 8.69. The second-order valence-electron chi connectivity index (χ2n) is 5.15. The summed E-state index contributed by atoms with van der Waals surface area (Å²) in [5, 5.41) is 3.12. The molecule has 108 valence electrons. The Balaban J connectivity index is 4.08. The summed E-state index contributed by atoms with van der Waals surface area (Å²) in [6.45, 7) is 7.26. The number of carbonyl (C=O) groups excluding carboxylic acids is 1. The van der Waals surface area contributed by atoms with Crippen LogP contribution in [0.1, 0.15) is 65.7 Å². The summed E-state index contributed by atoms with van der Waals surface area (Å²) in [5.41, 5.74) is 0. The first-order valence-electron chi connectivity index (χ1n) is 7.53. The van der Waals surface area contributed by atoms with Crippen molar-refractivity contribution in [2.45, 2.75) is 65.7 Å². The quantitative estimate of drug-likeness (QED) is 0.558. The molecule has 0 radical (unpaired) electrons. The van der Waals surface area contributed by atoms with Crippen molar-refractivity contribution in [1.29, 1.82) is 0 Å². The standard InChI is InChI=1S/C15H30ClNO/c1-4-7-13(10-11-16)12-17-15(18)14(8-5-2)9-6-3/h13-14H,4-12H2,1-3H3,(H,17,18). The second-order valence-corrected chi connectivity index (χ2v) is 5.53. The number of rotatable bonds is 11. The molecule has 0 aliphatic rings. The van der Waals surface area contributed by atoms with E-state index in [4.69, 9.17) is 11.6 Å². The molecule has 2 nitrogen and oxygen atoms in total. The fourth-order valence-corrected chi connectivity index (χ4v) is 2.71. The minimum absolute atomic E-state index is 0.207. The van der Waals surface area contributed by atoms with Crippen molar-refractivity contribution in [1.82, 2.24) is 5.32 Å². The molecule has 18 heavy (non-hydrogen) atoms.